The number of nitrogens with one attached hydrogen (secondary N) is 1. The van der Waals surface area contributed by atoms with Gasteiger partial charge in [0.05, 0.1) is 24.8 Å². The Morgan fingerprint density at radius 1 is 0.927 bits per heavy atom. The molecule has 1 unspecified atom stereocenters. The normalized spacial score (nSPS) is 12.0. The Bertz CT molecular complexity index is 1430. The van der Waals surface area contributed by atoms with Crippen molar-refractivity contribution in [2.45, 2.75) is 50.7 Å². The summed E-state index contributed by atoms with van der Waals surface area (Å²) in [5.74, 6) is -0.133. The topological polar surface area (TPSA) is 105 Å². The molecule has 3 rings (SSSR count). The van der Waals surface area contributed by atoms with E-state index in [1.54, 1.807) is 55.5 Å². The van der Waals surface area contributed by atoms with Crippen LogP contribution in [-0.2, 0) is 26.2 Å². The molecule has 0 radical (unpaired) electrons. The number of hydrogen-bond acceptors (Lipinski definition) is 6. The molecule has 0 aliphatic heterocycles. The Morgan fingerprint density at radius 3 is 2.12 bits per heavy atom. The predicted molar refractivity (Wildman–Crippen MR) is 160 cm³/mol. The lowest BCUT2D eigenvalue weighted by molar-refractivity contribution is -0.140. The minimum Gasteiger partial charge on any atom is -0.497 e. The number of carbonyl (C=O) groups is 2. The maximum absolute atomic E-state index is 14.1. The van der Waals surface area contributed by atoms with Crippen molar-refractivity contribution in [3.05, 3.63) is 83.4 Å². The molecule has 1 N–H and O–H groups in total. The number of benzene rings is 3. The third kappa shape index (κ3) is 7.92. The highest BCUT2D eigenvalue weighted by atomic mass is 35.5. The summed E-state index contributed by atoms with van der Waals surface area (Å²) in [6.07, 6.45) is 0.317. The lowest BCUT2D eigenvalue weighted by Crippen LogP contribution is -2.53. The summed E-state index contributed by atoms with van der Waals surface area (Å²) in [4.78, 5) is 28.7. The molecule has 41 heavy (non-hydrogen) atoms. The second-order valence-corrected chi connectivity index (χ2v) is 11.9. The zero-order valence-corrected chi connectivity index (χ0v) is 25.4. The van der Waals surface area contributed by atoms with Crippen LogP contribution in [0.25, 0.3) is 0 Å². The third-order valence-electron chi connectivity index (χ3n) is 6.36. The maximum Gasteiger partial charge on any atom is 0.264 e. The van der Waals surface area contributed by atoms with Gasteiger partial charge in [0.25, 0.3) is 10.0 Å². The van der Waals surface area contributed by atoms with Crippen LogP contribution < -0.4 is 19.1 Å². The van der Waals surface area contributed by atoms with Crippen molar-refractivity contribution in [3.8, 4) is 11.5 Å². The number of hydrogen-bond donors (Lipinski definition) is 1. The van der Waals surface area contributed by atoms with Crippen LogP contribution in [0.4, 0.5) is 5.69 Å². The quantitative estimate of drug-likeness (QED) is 0.299. The SMILES string of the molecule is CCC(C(=O)NC(C)C)N(Cc1ccc(Cl)cc1)C(=O)CN(c1ccccc1OC)S(=O)(=O)c1ccc(OC)cc1. The molecule has 0 saturated carbocycles. The first-order valence-electron chi connectivity index (χ1n) is 13.2. The summed E-state index contributed by atoms with van der Waals surface area (Å²) in [6, 6.07) is 18.4. The Morgan fingerprint density at radius 2 is 1.56 bits per heavy atom. The van der Waals surface area contributed by atoms with Crippen LogP contribution in [0.2, 0.25) is 5.02 Å². The fraction of sp³-hybridized carbons (Fsp3) is 0.333. The summed E-state index contributed by atoms with van der Waals surface area (Å²) >= 11 is 6.06. The van der Waals surface area contributed by atoms with Crippen LogP contribution in [0.3, 0.4) is 0 Å². The molecule has 0 aliphatic rings. The van der Waals surface area contributed by atoms with E-state index in [0.717, 1.165) is 9.87 Å². The number of para-hydroxylation sites is 2. The highest BCUT2D eigenvalue weighted by Crippen LogP contribution is 2.33. The average Bonchev–Trinajstić information content (AvgIpc) is 2.96. The van der Waals surface area contributed by atoms with Crippen LogP contribution in [-0.4, -0.2) is 58.0 Å². The standard InChI is InChI=1S/C30H36ClN3O6S/c1-6-26(30(36)32-21(2)3)33(19-22-11-13-23(31)14-12-22)29(35)20-34(27-9-7-8-10-28(27)40-5)41(37,38)25-17-15-24(39-4)16-18-25/h7-18,21,26H,6,19-20H2,1-5H3,(H,32,36). The molecular formula is C30H36ClN3O6S. The zero-order valence-electron chi connectivity index (χ0n) is 23.8. The van der Waals surface area contributed by atoms with Crippen molar-refractivity contribution in [1.29, 1.82) is 0 Å². The second-order valence-electron chi connectivity index (χ2n) is 9.59. The lowest BCUT2D eigenvalue weighted by atomic mass is 10.1. The highest BCUT2D eigenvalue weighted by Gasteiger charge is 2.34. The van der Waals surface area contributed by atoms with Gasteiger partial charge in [-0.3, -0.25) is 13.9 Å². The van der Waals surface area contributed by atoms with E-state index < -0.39 is 28.5 Å². The molecule has 0 aromatic heterocycles. The minimum absolute atomic E-state index is 0.0363. The number of amides is 2. The number of halogens is 1. The monoisotopic (exact) mass is 601 g/mol. The molecule has 0 saturated heterocycles. The van der Waals surface area contributed by atoms with Gasteiger partial charge in [-0.2, -0.15) is 0 Å². The minimum atomic E-state index is -4.26. The van der Waals surface area contributed by atoms with E-state index in [1.807, 2.05) is 13.8 Å². The summed E-state index contributed by atoms with van der Waals surface area (Å²) in [5.41, 5.74) is 0.922. The molecule has 11 heteroatoms. The molecule has 0 bridgehead atoms. The Labute approximate surface area is 247 Å². The van der Waals surface area contributed by atoms with Crippen LogP contribution in [0.15, 0.2) is 77.7 Å². The van der Waals surface area contributed by atoms with Crippen LogP contribution in [0, 0.1) is 0 Å². The molecule has 0 heterocycles. The molecule has 0 aliphatic carbocycles. The largest absolute Gasteiger partial charge is 0.497 e. The molecule has 1 atom stereocenters. The molecule has 3 aromatic rings. The number of sulfonamides is 1. The van der Waals surface area contributed by atoms with Gasteiger partial charge < -0.3 is 19.7 Å². The number of rotatable bonds is 13. The van der Waals surface area contributed by atoms with Gasteiger partial charge in [0, 0.05) is 17.6 Å². The van der Waals surface area contributed by atoms with Gasteiger partial charge in [0.1, 0.15) is 24.1 Å². The van der Waals surface area contributed by atoms with E-state index >= 15 is 0 Å². The molecule has 9 nitrogen and oxygen atoms in total. The zero-order chi connectivity index (χ0) is 30.2. The van der Waals surface area contributed by atoms with Gasteiger partial charge in [-0.25, -0.2) is 8.42 Å². The number of anilines is 1. The van der Waals surface area contributed by atoms with E-state index in [4.69, 9.17) is 21.1 Å². The predicted octanol–water partition coefficient (Wildman–Crippen LogP) is 4.88. The maximum atomic E-state index is 14.1. The van der Waals surface area contributed by atoms with Crippen molar-refractivity contribution < 1.29 is 27.5 Å². The summed E-state index contributed by atoms with van der Waals surface area (Å²) in [6.45, 7) is 4.97. The van der Waals surface area contributed by atoms with Crippen molar-refractivity contribution in [3.63, 3.8) is 0 Å². The number of methoxy groups -OCH3 is 2. The molecule has 0 spiro atoms. The van der Waals surface area contributed by atoms with Crippen molar-refractivity contribution >= 4 is 39.1 Å². The van der Waals surface area contributed by atoms with E-state index in [-0.39, 0.29) is 34.8 Å². The molecule has 0 fully saturated rings. The summed E-state index contributed by atoms with van der Waals surface area (Å²) in [7, 11) is -1.35. The fourth-order valence-electron chi connectivity index (χ4n) is 4.31. The van der Waals surface area contributed by atoms with Gasteiger partial charge >= 0.3 is 0 Å². The van der Waals surface area contributed by atoms with Gasteiger partial charge in [-0.05, 0) is 74.4 Å². The fourth-order valence-corrected chi connectivity index (χ4v) is 5.86. The summed E-state index contributed by atoms with van der Waals surface area (Å²) < 4.78 is 39.7. The number of nitrogens with zero attached hydrogens (tertiary/aromatic N) is 2. The second kappa shape index (κ2) is 14.2. The van der Waals surface area contributed by atoms with Gasteiger partial charge in [-0.15, -0.1) is 0 Å². The molecule has 3 aromatic carbocycles. The molecular weight excluding hydrogens is 566 g/mol. The van der Waals surface area contributed by atoms with Gasteiger partial charge in [-0.1, -0.05) is 42.8 Å². The highest BCUT2D eigenvalue weighted by molar-refractivity contribution is 7.92. The van der Waals surface area contributed by atoms with E-state index in [9.17, 15) is 18.0 Å². The van der Waals surface area contributed by atoms with E-state index in [0.29, 0.717) is 17.2 Å². The first-order chi connectivity index (χ1) is 19.5. The molecule has 2 amide bonds. The van der Waals surface area contributed by atoms with Crippen molar-refractivity contribution in [1.82, 2.24) is 10.2 Å². The van der Waals surface area contributed by atoms with Crippen molar-refractivity contribution in [2.75, 3.05) is 25.1 Å². The van der Waals surface area contributed by atoms with Crippen LogP contribution >= 0.6 is 11.6 Å². The van der Waals surface area contributed by atoms with Crippen molar-refractivity contribution in [2.24, 2.45) is 0 Å². The first kappa shape index (κ1) is 31.8. The lowest BCUT2D eigenvalue weighted by Gasteiger charge is -2.33. The van der Waals surface area contributed by atoms with E-state index in [1.165, 1.54) is 43.4 Å². The van der Waals surface area contributed by atoms with E-state index in [2.05, 4.69) is 5.32 Å². The number of carbonyl (C=O) groups excluding carboxylic acids is 2. The Balaban J connectivity index is 2.10. The number of ether oxygens (including phenoxy) is 2. The summed E-state index contributed by atoms with van der Waals surface area (Å²) in [5, 5.41) is 3.41. The van der Waals surface area contributed by atoms with Gasteiger partial charge in [0.2, 0.25) is 11.8 Å². The molecule has 220 valence electrons. The smallest absolute Gasteiger partial charge is 0.264 e. The van der Waals surface area contributed by atoms with Crippen LogP contribution in [0.1, 0.15) is 32.8 Å². The Kier molecular flexibility index (Phi) is 11.0. The third-order valence-corrected chi connectivity index (χ3v) is 8.39. The first-order valence-corrected chi connectivity index (χ1v) is 15.0. The van der Waals surface area contributed by atoms with Gasteiger partial charge in [0.15, 0.2) is 0 Å². The Hall–Kier alpha value is -3.76. The van der Waals surface area contributed by atoms with Crippen LogP contribution in [0.5, 0.6) is 11.5 Å². The average molecular weight is 602 g/mol.